The zero-order valence-electron chi connectivity index (χ0n) is 13.8. The highest BCUT2D eigenvalue weighted by Crippen LogP contribution is 2.12. The number of hydrogen-bond donors (Lipinski definition) is 1. The minimum absolute atomic E-state index is 0.170. The molecule has 1 rings (SSSR count). The molecule has 0 heterocycles. The molecule has 1 aromatic carbocycles. The van der Waals surface area contributed by atoms with Crippen molar-refractivity contribution in [3.63, 3.8) is 0 Å². The topological polar surface area (TPSA) is 30.5 Å². The van der Waals surface area contributed by atoms with E-state index in [9.17, 15) is 4.39 Å². The third kappa shape index (κ3) is 8.15. The van der Waals surface area contributed by atoms with Gasteiger partial charge in [-0.05, 0) is 38.5 Å². The van der Waals surface area contributed by atoms with Crippen molar-refractivity contribution in [1.82, 2.24) is 5.32 Å². The fourth-order valence-electron chi connectivity index (χ4n) is 1.76. The zero-order valence-corrected chi connectivity index (χ0v) is 13.8. The van der Waals surface area contributed by atoms with Crippen molar-refractivity contribution in [3.8, 4) is 0 Å². The highest BCUT2D eigenvalue weighted by Gasteiger charge is 2.09. The SMILES string of the molecule is CC(C)NCc1ccc(F)c(COCCOC(C)(C)C)c1. The first kappa shape index (κ1) is 18.1. The molecule has 0 bridgehead atoms. The normalized spacial score (nSPS) is 12.1. The molecule has 1 aromatic rings. The summed E-state index contributed by atoms with van der Waals surface area (Å²) < 4.78 is 24.8. The van der Waals surface area contributed by atoms with Crippen LogP contribution in [0.4, 0.5) is 4.39 Å². The lowest BCUT2D eigenvalue weighted by molar-refractivity contribution is -0.0379. The molecule has 0 radical (unpaired) electrons. The smallest absolute Gasteiger partial charge is 0.128 e. The van der Waals surface area contributed by atoms with E-state index in [4.69, 9.17) is 9.47 Å². The standard InChI is InChI=1S/C17H28FNO2/c1-13(2)19-11-14-6-7-16(18)15(10-14)12-20-8-9-21-17(3,4)5/h6-7,10,13,19H,8-9,11-12H2,1-5H3. The number of rotatable bonds is 8. The van der Waals surface area contributed by atoms with Gasteiger partial charge >= 0.3 is 0 Å². The van der Waals surface area contributed by atoms with Crippen molar-refractivity contribution in [2.75, 3.05) is 13.2 Å². The zero-order chi connectivity index (χ0) is 15.9. The number of hydrogen-bond acceptors (Lipinski definition) is 3. The predicted molar refractivity (Wildman–Crippen MR) is 83.7 cm³/mol. The summed E-state index contributed by atoms with van der Waals surface area (Å²) in [5, 5.41) is 3.32. The second kappa shape index (κ2) is 8.47. The van der Waals surface area contributed by atoms with E-state index >= 15 is 0 Å². The Kier molecular flexibility index (Phi) is 7.29. The van der Waals surface area contributed by atoms with Gasteiger partial charge in [-0.3, -0.25) is 0 Å². The van der Waals surface area contributed by atoms with Crippen LogP contribution in [0.25, 0.3) is 0 Å². The van der Waals surface area contributed by atoms with Crippen molar-refractivity contribution in [2.45, 2.75) is 59.4 Å². The molecule has 4 heteroatoms. The molecule has 1 N–H and O–H groups in total. The molecule has 3 nitrogen and oxygen atoms in total. The van der Waals surface area contributed by atoms with E-state index < -0.39 is 0 Å². The van der Waals surface area contributed by atoms with Crippen molar-refractivity contribution < 1.29 is 13.9 Å². The van der Waals surface area contributed by atoms with E-state index in [0.717, 1.165) is 12.1 Å². The van der Waals surface area contributed by atoms with E-state index in [2.05, 4.69) is 19.2 Å². The molecule has 0 saturated heterocycles. The molecule has 120 valence electrons. The molecule has 0 atom stereocenters. The first-order chi connectivity index (χ1) is 9.78. The first-order valence-corrected chi connectivity index (χ1v) is 7.50. The van der Waals surface area contributed by atoms with E-state index in [-0.39, 0.29) is 18.0 Å². The van der Waals surface area contributed by atoms with Gasteiger partial charge < -0.3 is 14.8 Å². The third-order valence-corrected chi connectivity index (χ3v) is 2.84. The summed E-state index contributed by atoms with van der Waals surface area (Å²) in [5.74, 6) is -0.222. The molecule has 0 unspecified atom stereocenters. The van der Waals surface area contributed by atoms with Crippen LogP contribution in [0.3, 0.4) is 0 Å². The van der Waals surface area contributed by atoms with Crippen LogP contribution in [0.5, 0.6) is 0 Å². The first-order valence-electron chi connectivity index (χ1n) is 7.50. The van der Waals surface area contributed by atoms with Gasteiger partial charge in [-0.15, -0.1) is 0 Å². The number of benzene rings is 1. The largest absolute Gasteiger partial charge is 0.374 e. The van der Waals surface area contributed by atoms with Crippen LogP contribution in [0, 0.1) is 5.82 Å². The Morgan fingerprint density at radius 3 is 2.52 bits per heavy atom. The maximum absolute atomic E-state index is 13.7. The Morgan fingerprint density at radius 2 is 1.90 bits per heavy atom. The Hall–Kier alpha value is -0.970. The van der Waals surface area contributed by atoms with E-state index in [1.165, 1.54) is 6.07 Å². The lowest BCUT2D eigenvalue weighted by Gasteiger charge is -2.19. The summed E-state index contributed by atoms with van der Waals surface area (Å²) in [5.41, 5.74) is 1.49. The van der Waals surface area contributed by atoms with Gasteiger partial charge in [-0.25, -0.2) is 4.39 Å². The lowest BCUT2D eigenvalue weighted by atomic mass is 10.1. The molecule has 0 fully saturated rings. The highest BCUT2D eigenvalue weighted by molar-refractivity contribution is 5.24. The van der Waals surface area contributed by atoms with Gasteiger partial charge in [-0.1, -0.05) is 19.9 Å². The molecule has 0 aliphatic rings. The Labute approximate surface area is 127 Å². The fraction of sp³-hybridized carbons (Fsp3) is 0.647. The predicted octanol–water partition coefficient (Wildman–Crippen LogP) is 3.66. The number of ether oxygens (including phenoxy) is 2. The third-order valence-electron chi connectivity index (χ3n) is 2.84. The Morgan fingerprint density at radius 1 is 1.19 bits per heavy atom. The summed E-state index contributed by atoms with van der Waals surface area (Å²) >= 11 is 0. The van der Waals surface area contributed by atoms with Gasteiger partial charge in [-0.2, -0.15) is 0 Å². The summed E-state index contributed by atoms with van der Waals surface area (Å²) in [6, 6.07) is 5.57. The van der Waals surface area contributed by atoms with Crippen molar-refractivity contribution >= 4 is 0 Å². The molecule has 0 aliphatic heterocycles. The summed E-state index contributed by atoms with van der Waals surface area (Å²) in [4.78, 5) is 0. The van der Waals surface area contributed by atoms with Gasteiger partial charge in [0.05, 0.1) is 25.4 Å². The summed E-state index contributed by atoms with van der Waals surface area (Å²) in [6.07, 6.45) is 0. The fourth-order valence-corrected chi connectivity index (χ4v) is 1.76. The van der Waals surface area contributed by atoms with Gasteiger partial charge in [0, 0.05) is 18.2 Å². The van der Waals surface area contributed by atoms with Gasteiger partial charge in [0.15, 0.2) is 0 Å². The Bertz CT molecular complexity index is 427. The van der Waals surface area contributed by atoms with Gasteiger partial charge in [0.1, 0.15) is 5.82 Å². The van der Waals surface area contributed by atoms with E-state index in [1.54, 1.807) is 6.07 Å². The average molecular weight is 297 g/mol. The number of nitrogens with one attached hydrogen (secondary N) is 1. The minimum Gasteiger partial charge on any atom is -0.374 e. The summed E-state index contributed by atoms with van der Waals surface area (Å²) in [7, 11) is 0. The second-order valence-corrected chi connectivity index (χ2v) is 6.47. The second-order valence-electron chi connectivity index (χ2n) is 6.47. The van der Waals surface area contributed by atoms with Crippen LogP contribution in [0.2, 0.25) is 0 Å². The van der Waals surface area contributed by atoms with E-state index in [0.29, 0.717) is 24.8 Å². The van der Waals surface area contributed by atoms with Crippen LogP contribution in [-0.4, -0.2) is 24.9 Å². The molecule has 0 saturated carbocycles. The summed E-state index contributed by atoms with van der Waals surface area (Å²) in [6.45, 7) is 12.1. The van der Waals surface area contributed by atoms with Crippen LogP contribution in [0.15, 0.2) is 18.2 Å². The van der Waals surface area contributed by atoms with Crippen LogP contribution in [0.1, 0.15) is 45.7 Å². The molecular formula is C17H28FNO2. The molecule has 0 spiro atoms. The van der Waals surface area contributed by atoms with Crippen LogP contribution in [-0.2, 0) is 22.6 Å². The van der Waals surface area contributed by atoms with Gasteiger partial charge in [0.2, 0.25) is 0 Å². The number of halogens is 1. The van der Waals surface area contributed by atoms with E-state index in [1.807, 2.05) is 26.8 Å². The van der Waals surface area contributed by atoms with Gasteiger partial charge in [0.25, 0.3) is 0 Å². The maximum Gasteiger partial charge on any atom is 0.128 e. The quantitative estimate of drug-likeness (QED) is 0.743. The van der Waals surface area contributed by atoms with Crippen LogP contribution < -0.4 is 5.32 Å². The molecule has 0 amide bonds. The van der Waals surface area contributed by atoms with Crippen molar-refractivity contribution in [1.29, 1.82) is 0 Å². The van der Waals surface area contributed by atoms with Crippen LogP contribution >= 0.6 is 0 Å². The molecular weight excluding hydrogens is 269 g/mol. The monoisotopic (exact) mass is 297 g/mol. The molecule has 21 heavy (non-hydrogen) atoms. The molecule has 0 aromatic heterocycles. The molecule has 0 aliphatic carbocycles. The maximum atomic E-state index is 13.7. The average Bonchev–Trinajstić information content (AvgIpc) is 2.37. The minimum atomic E-state index is -0.222. The lowest BCUT2D eigenvalue weighted by Crippen LogP contribution is -2.22. The highest BCUT2D eigenvalue weighted by atomic mass is 19.1. The Balaban J connectivity index is 2.41. The van der Waals surface area contributed by atoms with Crippen molar-refractivity contribution in [3.05, 3.63) is 35.1 Å². The van der Waals surface area contributed by atoms with Crippen molar-refractivity contribution in [2.24, 2.45) is 0 Å².